The summed E-state index contributed by atoms with van der Waals surface area (Å²) >= 11 is 0. The number of non-ortho nitro benzene ring substituents is 1. The fourth-order valence-corrected chi connectivity index (χ4v) is 2.48. The summed E-state index contributed by atoms with van der Waals surface area (Å²) < 4.78 is 13.8. The fourth-order valence-electron chi connectivity index (χ4n) is 2.48. The molecule has 3 rings (SSSR count). The number of aryl methyl sites for hydroxylation is 1. The summed E-state index contributed by atoms with van der Waals surface area (Å²) in [4.78, 5) is 27.0. The molecule has 0 fully saturated rings. The second-order valence-electron chi connectivity index (χ2n) is 5.57. The van der Waals surface area contributed by atoms with Crippen molar-refractivity contribution in [1.82, 2.24) is 4.98 Å². The molecule has 0 aliphatic heterocycles. The van der Waals surface area contributed by atoms with E-state index in [2.05, 4.69) is 10.3 Å². The summed E-state index contributed by atoms with van der Waals surface area (Å²) in [5.41, 5.74) is 1.78. The molecule has 6 nitrogen and oxygen atoms in total. The Morgan fingerprint density at radius 1 is 1.12 bits per heavy atom. The lowest BCUT2D eigenvalue weighted by Crippen LogP contribution is -2.15. The molecule has 1 N–H and O–H groups in total. The van der Waals surface area contributed by atoms with Gasteiger partial charge in [0.2, 0.25) is 0 Å². The van der Waals surface area contributed by atoms with E-state index in [-0.39, 0.29) is 16.9 Å². The highest BCUT2D eigenvalue weighted by molar-refractivity contribution is 6.05. The van der Waals surface area contributed by atoms with Crippen LogP contribution in [-0.2, 0) is 0 Å². The number of hydrogen-bond donors (Lipinski definition) is 1. The molecule has 7 heteroatoms. The zero-order valence-corrected chi connectivity index (χ0v) is 13.8. The van der Waals surface area contributed by atoms with Crippen LogP contribution in [0.3, 0.4) is 0 Å². The van der Waals surface area contributed by atoms with Crippen LogP contribution in [0.5, 0.6) is 0 Å². The number of amides is 1. The highest BCUT2D eigenvalue weighted by Crippen LogP contribution is 2.23. The molecule has 0 radical (unpaired) electrons. The van der Waals surface area contributed by atoms with E-state index < -0.39 is 16.6 Å². The van der Waals surface area contributed by atoms with Gasteiger partial charge in [-0.15, -0.1) is 0 Å². The molecule has 0 bridgehead atoms. The van der Waals surface area contributed by atoms with Gasteiger partial charge in [0.05, 0.1) is 27.6 Å². The molecule has 0 aliphatic carbocycles. The van der Waals surface area contributed by atoms with Crippen molar-refractivity contribution < 1.29 is 14.1 Å². The quantitative estimate of drug-likeness (QED) is 0.559. The predicted octanol–water partition coefficient (Wildman–Crippen LogP) is 4.36. The van der Waals surface area contributed by atoms with Crippen LogP contribution in [0, 0.1) is 22.9 Å². The van der Waals surface area contributed by atoms with Crippen molar-refractivity contribution in [1.29, 1.82) is 0 Å². The van der Waals surface area contributed by atoms with Gasteiger partial charge in [-0.3, -0.25) is 19.9 Å². The van der Waals surface area contributed by atoms with Crippen molar-refractivity contribution in [3.63, 3.8) is 0 Å². The number of benzene rings is 2. The molecule has 0 saturated carbocycles. The SMILES string of the molecule is Cc1nc(-c2ccccc2)ccc1C(=O)Nc1cc([N+](=O)[O-])ccc1F. The number of nitrogens with one attached hydrogen (secondary N) is 1. The summed E-state index contributed by atoms with van der Waals surface area (Å²) in [5, 5.41) is 13.2. The van der Waals surface area contributed by atoms with Gasteiger partial charge in [-0.25, -0.2) is 4.39 Å². The minimum absolute atomic E-state index is 0.254. The van der Waals surface area contributed by atoms with Crippen LogP contribution in [0.4, 0.5) is 15.8 Å². The number of carbonyl (C=O) groups is 1. The monoisotopic (exact) mass is 351 g/mol. The number of rotatable bonds is 4. The van der Waals surface area contributed by atoms with E-state index >= 15 is 0 Å². The molecular weight excluding hydrogens is 337 g/mol. The van der Waals surface area contributed by atoms with Crippen LogP contribution in [0.2, 0.25) is 0 Å². The zero-order chi connectivity index (χ0) is 18.7. The number of pyridine rings is 1. The van der Waals surface area contributed by atoms with Crippen molar-refractivity contribution >= 4 is 17.3 Å². The third-order valence-electron chi connectivity index (χ3n) is 3.81. The number of nitro groups is 1. The van der Waals surface area contributed by atoms with Crippen molar-refractivity contribution in [3.05, 3.63) is 87.9 Å². The molecule has 130 valence electrons. The van der Waals surface area contributed by atoms with Gasteiger partial charge >= 0.3 is 0 Å². The van der Waals surface area contributed by atoms with Gasteiger partial charge in [0.1, 0.15) is 5.82 Å². The maximum absolute atomic E-state index is 13.8. The molecule has 3 aromatic rings. The molecule has 0 unspecified atom stereocenters. The van der Waals surface area contributed by atoms with Gasteiger partial charge in [-0.05, 0) is 25.1 Å². The highest BCUT2D eigenvalue weighted by atomic mass is 19.1. The maximum Gasteiger partial charge on any atom is 0.271 e. The lowest BCUT2D eigenvalue weighted by Gasteiger charge is -2.10. The summed E-state index contributed by atoms with van der Waals surface area (Å²) in [5.74, 6) is -1.34. The van der Waals surface area contributed by atoms with Gasteiger partial charge in [-0.1, -0.05) is 30.3 Å². The van der Waals surface area contributed by atoms with Crippen LogP contribution in [-0.4, -0.2) is 15.8 Å². The van der Waals surface area contributed by atoms with E-state index in [0.29, 0.717) is 11.4 Å². The Balaban J connectivity index is 1.87. The van der Waals surface area contributed by atoms with Crippen LogP contribution >= 0.6 is 0 Å². The Bertz CT molecular complexity index is 991. The Hall–Kier alpha value is -3.61. The van der Waals surface area contributed by atoms with Gasteiger partial charge in [0.15, 0.2) is 0 Å². The number of halogens is 1. The Kier molecular flexibility index (Phi) is 4.70. The predicted molar refractivity (Wildman–Crippen MR) is 95.4 cm³/mol. The van der Waals surface area contributed by atoms with Crippen molar-refractivity contribution in [2.24, 2.45) is 0 Å². The topological polar surface area (TPSA) is 85.1 Å². The first-order chi connectivity index (χ1) is 12.5. The third kappa shape index (κ3) is 3.56. The molecule has 0 aliphatic rings. The summed E-state index contributed by atoms with van der Waals surface area (Å²) in [6, 6.07) is 15.7. The Morgan fingerprint density at radius 3 is 2.50 bits per heavy atom. The average Bonchev–Trinajstić information content (AvgIpc) is 2.63. The second-order valence-corrected chi connectivity index (χ2v) is 5.57. The number of nitro benzene ring substituents is 1. The summed E-state index contributed by atoms with van der Waals surface area (Å²) in [7, 11) is 0. The van der Waals surface area contributed by atoms with Crippen molar-refractivity contribution in [2.75, 3.05) is 5.32 Å². The molecule has 0 saturated heterocycles. The first kappa shape index (κ1) is 17.2. The summed E-state index contributed by atoms with van der Waals surface area (Å²) in [6.45, 7) is 1.67. The summed E-state index contributed by atoms with van der Waals surface area (Å²) in [6.07, 6.45) is 0. The van der Waals surface area contributed by atoms with Gasteiger partial charge in [0.25, 0.3) is 11.6 Å². The lowest BCUT2D eigenvalue weighted by molar-refractivity contribution is -0.384. The van der Waals surface area contributed by atoms with Gasteiger partial charge < -0.3 is 5.32 Å². The standard InChI is InChI=1S/C19H14FN3O3/c1-12-15(8-10-17(21-12)13-5-3-2-4-6-13)19(24)22-18-11-14(23(25)26)7-9-16(18)20/h2-11H,1H3,(H,22,24). The van der Waals surface area contributed by atoms with Crippen LogP contribution in [0.15, 0.2) is 60.7 Å². The number of carbonyl (C=O) groups excluding carboxylic acids is 1. The maximum atomic E-state index is 13.8. The lowest BCUT2D eigenvalue weighted by atomic mass is 10.1. The molecule has 1 amide bonds. The van der Waals surface area contributed by atoms with E-state index in [4.69, 9.17) is 0 Å². The van der Waals surface area contributed by atoms with E-state index in [1.807, 2.05) is 30.3 Å². The molecule has 0 spiro atoms. The van der Waals surface area contributed by atoms with E-state index in [9.17, 15) is 19.3 Å². The molecule has 1 aromatic heterocycles. The largest absolute Gasteiger partial charge is 0.319 e. The van der Waals surface area contributed by atoms with Crippen LogP contribution in [0.1, 0.15) is 16.1 Å². The minimum Gasteiger partial charge on any atom is -0.319 e. The first-order valence-electron chi connectivity index (χ1n) is 7.74. The molecule has 0 atom stereocenters. The number of anilines is 1. The average molecular weight is 351 g/mol. The third-order valence-corrected chi connectivity index (χ3v) is 3.81. The van der Waals surface area contributed by atoms with Crippen LogP contribution < -0.4 is 5.32 Å². The first-order valence-corrected chi connectivity index (χ1v) is 7.74. The van der Waals surface area contributed by atoms with E-state index in [1.54, 1.807) is 19.1 Å². The number of aromatic nitrogens is 1. The van der Waals surface area contributed by atoms with E-state index in [1.165, 1.54) is 0 Å². The zero-order valence-electron chi connectivity index (χ0n) is 13.8. The second kappa shape index (κ2) is 7.10. The van der Waals surface area contributed by atoms with Crippen molar-refractivity contribution in [2.45, 2.75) is 6.92 Å². The Labute approximate surface area is 148 Å². The normalized spacial score (nSPS) is 10.4. The molecular formula is C19H14FN3O3. The molecule has 1 heterocycles. The minimum atomic E-state index is -0.754. The van der Waals surface area contributed by atoms with Gasteiger partial charge in [-0.2, -0.15) is 0 Å². The highest BCUT2D eigenvalue weighted by Gasteiger charge is 2.16. The molecule has 26 heavy (non-hydrogen) atoms. The molecule has 2 aromatic carbocycles. The fraction of sp³-hybridized carbons (Fsp3) is 0.0526. The van der Waals surface area contributed by atoms with Gasteiger partial charge in [0, 0.05) is 17.7 Å². The van der Waals surface area contributed by atoms with E-state index in [0.717, 1.165) is 23.8 Å². The van der Waals surface area contributed by atoms with Crippen molar-refractivity contribution in [3.8, 4) is 11.3 Å². The van der Waals surface area contributed by atoms with Crippen LogP contribution in [0.25, 0.3) is 11.3 Å². The number of hydrogen-bond acceptors (Lipinski definition) is 4. The Morgan fingerprint density at radius 2 is 1.85 bits per heavy atom. The number of nitrogens with zero attached hydrogens (tertiary/aromatic N) is 2. The smallest absolute Gasteiger partial charge is 0.271 e.